The normalized spacial score (nSPS) is 11.1. The molecule has 0 fully saturated rings. The van der Waals surface area contributed by atoms with Crippen molar-refractivity contribution in [3.63, 3.8) is 0 Å². The van der Waals surface area contributed by atoms with Crippen molar-refractivity contribution in [3.05, 3.63) is 70.6 Å². The molecule has 180 valence electrons. The number of nitriles is 1. The van der Waals surface area contributed by atoms with E-state index in [2.05, 4.69) is 10.6 Å². The highest BCUT2D eigenvalue weighted by Gasteiger charge is 2.27. The molecule has 0 unspecified atom stereocenters. The molecule has 1 aromatic heterocycles. The van der Waals surface area contributed by atoms with Crippen LogP contribution in [0.5, 0.6) is 5.75 Å². The van der Waals surface area contributed by atoms with Crippen LogP contribution in [-0.2, 0) is 16.0 Å². The van der Waals surface area contributed by atoms with Crippen LogP contribution in [0.1, 0.15) is 27.7 Å². The van der Waals surface area contributed by atoms with Gasteiger partial charge in [-0.2, -0.15) is 5.26 Å². The monoisotopic (exact) mass is 492 g/mol. The quantitative estimate of drug-likeness (QED) is 0.408. The van der Waals surface area contributed by atoms with Crippen molar-refractivity contribution in [1.82, 2.24) is 10.6 Å². The highest BCUT2D eigenvalue weighted by Crippen LogP contribution is 2.38. The molecule has 1 atom stereocenters. The third-order valence-corrected chi connectivity index (χ3v) is 6.04. The largest absolute Gasteiger partial charge is 0.497 e. The van der Waals surface area contributed by atoms with Crippen molar-refractivity contribution in [2.75, 3.05) is 19.5 Å². The van der Waals surface area contributed by atoms with Crippen molar-refractivity contribution in [2.45, 2.75) is 19.4 Å². The maximum Gasteiger partial charge on any atom is 0.329 e. The molecular formula is C25H24N4O5S. The number of nitrogens with zero attached hydrogens (tertiary/aromatic N) is 1. The molecule has 0 aliphatic heterocycles. The van der Waals surface area contributed by atoms with Crippen LogP contribution in [0.4, 0.5) is 9.80 Å². The molecule has 35 heavy (non-hydrogen) atoms. The minimum Gasteiger partial charge on any atom is -0.497 e. The second kappa shape index (κ2) is 11.7. The first-order valence-corrected chi connectivity index (χ1v) is 11.5. The van der Waals surface area contributed by atoms with Crippen LogP contribution in [0.3, 0.4) is 0 Å². The highest BCUT2D eigenvalue weighted by molar-refractivity contribution is 7.18. The first-order valence-electron chi connectivity index (χ1n) is 10.7. The number of urea groups is 1. The lowest BCUT2D eigenvalue weighted by molar-refractivity contribution is -0.145. The number of hydrogen-bond acceptors (Lipinski definition) is 8. The molecule has 0 aliphatic rings. The third-order valence-electron chi connectivity index (χ3n) is 5.02. The number of thiophene rings is 1. The predicted molar refractivity (Wildman–Crippen MR) is 132 cm³/mol. The average Bonchev–Trinajstić information content (AvgIpc) is 3.20. The van der Waals surface area contributed by atoms with Crippen molar-refractivity contribution in [1.29, 1.82) is 5.26 Å². The van der Waals surface area contributed by atoms with Crippen molar-refractivity contribution in [2.24, 2.45) is 0 Å². The van der Waals surface area contributed by atoms with Crippen LogP contribution in [-0.4, -0.2) is 37.7 Å². The summed E-state index contributed by atoms with van der Waals surface area (Å²) in [5.74, 6) is -0.775. The van der Waals surface area contributed by atoms with E-state index in [1.807, 2.05) is 36.4 Å². The number of ether oxygens (including phenoxy) is 2. The summed E-state index contributed by atoms with van der Waals surface area (Å²) in [7, 11) is 1.52. The molecule has 1 heterocycles. The molecule has 0 saturated heterocycles. The third kappa shape index (κ3) is 6.16. The first-order chi connectivity index (χ1) is 16.9. The Morgan fingerprint density at radius 2 is 1.80 bits per heavy atom. The number of nitrogen functional groups attached to an aromatic ring is 1. The number of carbonyl (C=O) groups excluding carboxylic acids is 3. The van der Waals surface area contributed by atoms with Crippen LogP contribution >= 0.6 is 11.3 Å². The Labute approximate surface area is 206 Å². The summed E-state index contributed by atoms with van der Waals surface area (Å²) in [6.45, 7) is 1.80. The number of carbonyl (C=O) groups is 3. The van der Waals surface area contributed by atoms with Gasteiger partial charge in [0.15, 0.2) is 0 Å². The number of rotatable bonds is 8. The van der Waals surface area contributed by atoms with E-state index in [1.54, 1.807) is 31.2 Å². The molecule has 0 aliphatic carbocycles. The smallest absolute Gasteiger partial charge is 0.329 e. The summed E-state index contributed by atoms with van der Waals surface area (Å²) in [6.07, 6.45) is 0.183. The average molecular weight is 493 g/mol. The van der Waals surface area contributed by atoms with Gasteiger partial charge in [0.05, 0.1) is 19.3 Å². The molecule has 4 N–H and O–H groups in total. The van der Waals surface area contributed by atoms with Crippen LogP contribution in [0, 0.1) is 11.3 Å². The topological polar surface area (TPSA) is 144 Å². The number of benzene rings is 2. The standard InChI is InChI=1S/C25H24N4O5S/c1-3-34-24(31)19(13-15-7-5-4-6-8-15)28-25(32)29-23(30)21-20(18(14-26)22(27)35-21)16-9-11-17(33-2)12-10-16/h4-12,19H,3,13,27H2,1-2H3,(H2,28,29,30,32)/t19-/m0/s1. The molecule has 10 heteroatoms. The van der Waals surface area contributed by atoms with E-state index in [1.165, 1.54) is 7.11 Å². The van der Waals surface area contributed by atoms with E-state index in [0.29, 0.717) is 16.9 Å². The van der Waals surface area contributed by atoms with Crippen LogP contribution in [0.25, 0.3) is 11.1 Å². The van der Waals surface area contributed by atoms with Crippen molar-refractivity contribution >= 4 is 34.2 Å². The second-order valence-corrected chi connectivity index (χ2v) is 8.36. The number of nitrogens with two attached hydrogens (primary N) is 1. The van der Waals surface area contributed by atoms with Gasteiger partial charge in [-0.3, -0.25) is 10.1 Å². The van der Waals surface area contributed by atoms with Gasteiger partial charge in [0.2, 0.25) is 0 Å². The fourth-order valence-electron chi connectivity index (χ4n) is 3.39. The van der Waals surface area contributed by atoms with Gasteiger partial charge >= 0.3 is 12.0 Å². The molecule has 3 aromatic rings. The van der Waals surface area contributed by atoms with E-state index in [0.717, 1.165) is 16.9 Å². The van der Waals surface area contributed by atoms with Gasteiger partial charge < -0.3 is 20.5 Å². The van der Waals surface area contributed by atoms with Gasteiger partial charge in [0.25, 0.3) is 5.91 Å². The fraction of sp³-hybridized carbons (Fsp3) is 0.200. The fourth-order valence-corrected chi connectivity index (χ4v) is 4.33. The zero-order chi connectivity index (χ0) is 25.4. The van der Waals surface area contributed by atoms with E-state index in [4.69, 9.17) is 15.2 Å². The van der Waals surface area contributed by atoms with E-state index < -0.39 is 23.9 Å². The van der Waals surface area contributed by atoms with Gasteiger partial charge in [-0.1, -0.05) is 42.5 Å². The lowest BCUT2D eigenvalue weighted by Gasteiger charge is -2.17. The second-order valence-electron chi connectivity index (χ2n) is 7.31. The Morgan fingerprint density at radius 3 is 2.40 bits per heavy atom. The minimum atomic E-state index is -1.01. The molecule has 9 nitrogen and oxygen atoms in total. The van der Waals surface area contributed by atoms with Crippen molar-refractivity contribution in [3.8, 4) is 22.9 Å². The summed E-state index contributed by atoms with van der Waals surface area (Å²) in [5.41, 5.74) is 7.81. The summed E-state index contributed by atoms with van der Waals surface area (Å²) >= 11 is 0.897. The van der Waals surface area contributed by atoms with E-state index >= 15 is 0 Å². The summed E-state index contributed by atoms with van der Waals surface area (Å²) < 4.78 is 10.2. The number of anilines is 1. The van der Waals surface area contributed by atoms with Gasteiger partial charge in [0, 0.05) is 12.0 Å². The summed E-state index contributed by atoms with van der Waals surface area (Å²) in [4.78, 5) is 38.2. The molecule has 0 saturated carbocycles. The zero-order valence-electron chi connectivity index (χ0n) is 19.2. The Bertz CT molecular complexity index is 1250. The lowest BCUT2D eigenvalue weighted by Crippen LogP contribution is -2.49. The Kier molecular flexibility index (Phi) is 8.43. The van der Waals surface area contributed by atoms with Gasteiger partial charge in [0.1, 0.15) is 27.7 Å². The summed E-state index contributed by atoms with van der Waals surface area (Å²) in [6, 6.07) is 16.0. The number of imide groups is 1. The maximum absolute atomic E-state index is 13.0. The Balaban J connectivity index is 1.82. The van der Waals surface area contributed by atoms with E-state index in [-0.39, 0.29) is 28.5 Å². The zero-order valence-corrected chi connectivity index (χ0v) is 20.0. The Hall–Kier alpha value is -4.36. The first kappa shape index (κ1) is 25.3. The van der Waals surface area contributed by atoms with Crippen molar-refractivity contribution < 1.29 is 23.9 Å². The number of esters is 1. The minimum absolute atomic E-state index is 0.0927. The predicted octanol–water partition coefficient (Wildman–Crippen LogP) is 3.49. The molecule has 0 bridgehead atoms. The molecule has 2 aromatic carbocycles. The SMILES string of the molecule is CCOC(=O)[C@H](Cc1ccccc1)NC(=O)NC(=O)c1sc(N)c(C#N)c1-c1ccc(OC)cc1. The molecule has 0 radical (unpaired) electrons. The molecule has 3 amide bonds. The number of hydrogen-bond donors (Lipinski definition) is 3. The van der Waals surface area contributed by atoms with Gasteiger partial charge in [-0.05, 0) is 30.2 Å². The molecule has 3 rings (SSSR count). The van der Waals surface area contributed by atoms with Crippen LogP contribution in [0.15, 0.2) is 54.6 Å². The highest BCUT2D eigenvalue weighted by atomic mass is 32.1. The van der Waals surface area contributed by atoms with Crippen LogP contribution < -0.4 is 21.1 Å². The maximum atomic E-state index is 13.0. The Morgan fingerprint density at radius 1 is 1.11 bits per heavy atom. The lowest BCUT2D eigenvalue weighted by atomic mass is 10.0. The number of nitrogens with one attached hydrogen (secondary N) is 2. The van der Waals surface area contributed by atoms with Gasteiger partial charge in [-0.15, -0.1) is 11.3 Å². The van der Waals surface area contributed by atoms with Gasteiger partial charge in [-0.25, -0.2) is 9.59 Å². The van der Waals surface area contributed by atoms with Crippen LogP contribution in [0.2, 0.25) is 0 Å². The van der Waals surface area contributed by atoms with E-state index in [9.17, 15) is 19.6 Å². The number of methoxy groups -OCH3 is 1. The summed E-state index contributed by atoms with van der Waals surface area (Å²) in [5, 5.41) is 14.5. The molecular weight excluding hydrogens is 468 g/mol. The number of amides is 3. The molecule has 0 spiro atoms.